The van der Waals surface area contributed by atoms with E-state index < -0.39 is 15.1 Å². The third-order valence-corrected chi connectivity index (χ3v) is 5.94. The van der Waals surface area contributed by atoms with Crippen LogP contribution in [0.25, 0.3) is 0 Å². The van der Waals surface area contributed by atoms with Crippen LogP contribution < -0.4 is 0 Å². The van der Waals surface area contributed by atoms with Gasteiger partial charge in [0.15, 0.2) is 5.78 Å². The fourth-order valence-corrected chi connectivity index (χ4v) is 4.32. The average molecular weight is 315 g/mol. The van der Waals surface area contributed by atoms with Crippen molar-refractivity contribution in [2.24, 2.45) is 5.92 Å². The first-order valence-electron chi connectivity index (χ1n) is 6.78. The Morgan fingerprint density at radius 1 is 1.30 bits per heavy atom. The lowest BCUT2D eigenvalue weighted by atomic mass is 9.83. The highest BCUT2D eigenvalue weighted by Gasteiger charge is 2.33. The first-order chi connectivity index (χ1) is 9.29. The Morgan fingerprint density at radius 3 is 2.60 bits per heavy atom. The van der Waals surface area contributed by atoms with E-state index in [9.17, 15) is 13.2 Å². The van der Waals surface area contributed by atoms with Crippen molar-refractivity contribution in [1.29, 1.82) is 0 Å². The van der Waals surface area contributed by atoms with Gasteiger partial charge in [0.25, 0.3) is 0 Å². The SMILES string of the molecule is Cc1ccc(C(=O)C2CCCC(S(C)(=O)=O)C2)c(Cl)c1. The molecule has 1 aliphatic carbocycles. The largest absolute Gasteiger partial charge is 0.294 e. The van der Waals surface area contributed by atoms with Crippen LogP contribution >= 0.6 is 11.6 Å². The van der Waals surface area contributed by atoms with Gasteiger partial charge in [-0.3, -0.25) is 4.79 Å². The minimum atomic E-state index is -3.08. The van der Waals surface area contributed by atoms with Crippen molar-refractivity contribution in [1.82, 2.24) is 0 Å². The van der Waals surface area contributed by atoms with Gasteiger partial charge in [-0.15, -0.1) is 0 Å². The van der Waals surface area contributed by atoms with Crippen molar-refractivity contribution in [3.8, 4) is 0 Å². The van der Waals surface area contributed by atoms with Gasteiger partial charge in [0.2, 0.25) is 0 Å². The molecule has 1 aromatic rings. The monoisotopic (exact) mass is 314 g/mol. The summed E-state index contributed by atoms with van der Waals surface area (Å²) in [6.07, 6.45) is 3.85. The molecule has 5 heteroatoms. The van der Waals surface area contributed by atoms with Gasteiger partial charge in [-0.2, -0.15) is 0 Å². The van der Waals surface area contributed by atoms with Gasteiger partial charge in [0, 0.05) is 17.7 Å². The highest BCUT2D eigenvalue weighted by Crippen LogP contribution is 2.32. The van der Waals surface area contributed by atoms with E-state index in [0.29, 0.717) is 23.4 Å². The number of sulfone groups is 1. The second-order valence-electron chi connectivity index (χ2n) is 5.66. The summed E-state index contributed by atoms with van der Waals surface area (Å²) in [6.45, 7) is 1.92. The number of rotatable bonds is 3. The van der Waals surface area contributed by atoms with Gasteiger partial charge in [0.05, 0.1) is 10.3 Å². The van der Waals surface area contributed by atoms with Gasteiger partial charge in [0.1, 0.15) is 9.84 Å². The highest BCUT2D eigenvalue weighted by molar-refractivity contribution is 7.91. The van der Waals surface area contributed by atoms with Gasteiger partial charge in [-0.1, -0.05) is 24.1 Å². The summed E-state index contributed by atoms with van der Waals surface area (Å²) in [5.41, 5.74) is 1.51. The molecule has 2 atom stereocenters. The van der Waals surface area contributed by atoms with Crippen molar-refractivity contribution in [3.63, 3.8) is 0 Å². The minimum absolute atomic E-state index is 0.0247. The van der Waals surface area contributed by atoms with Crippen LogP contribution in [-0.2, 0) is 9.84 Å². The maximum absolute atomic E-state index is 12.5. The number of carbonyl (C=O) groups is 1. The fourth-order valence-electron chi connectivity index (χ4n) is 2.81. The zero-order valence-corrected chi connectivity index (χ0v) is 13.3. The summed E-state index contributed by atoms with van der Waals surface area (Å²) in [5.74, 6) is -0.257. The number of ketones is 1. The zero-order chi connectivity index (χ0) is 14.9. The Morgan fingerprint density at radius 2 is 2.00 bits per heavy atom. The van der Waals surface area contributed by atoms with Crippen LogP contribution in [0.5, 0.6) is 0 Å². The Kier molecular flexibility index (Phi) is 4.55. The molecule has 0 bridgehead atoms. The molecule has 0 radical (unpaired) electrons. The molecule has 20 heavy (non-hydrogen) atoms. The van der Waals surface area contributed by atoms with Crippen LogP contribution in [0, 0.1) is 12.8 Å². The summed E-state index contributed by atoms with van der Waals surface area (Å²) in [5, 5.41) is 0.0610. The predicted octanol–water partition coefficient (Wildman–Crippen LogP) is 3.43. The van der Waals surface area contributed by atoms with E-state index in [2.05, 4.69) is 0 Å². The molecule has 0 saturated heterocycles. The molecular weight excluding hydrogens is 296 g/mol. The summed E-state index contributed by atoms with van der Waals surface area (Å²) < 4.78 is 23.3. The lowest BCUT2D eigenvalue weighted by Gasteiger charge is -2.27. The highest BCUT2D eigenvalue weighted by atomic mass is 35.5. The molecule has 2 rings (SSSR count). The Hall–Kier alpha value is -0.870. The number of benzene rings is 1. The second kappa shape index (κ2) is 5.86. The quantitative estimate of drug-likeness (QED) is 0.803. The zero-order valence-electron chi connectivity index (χ0n) is 11.7. The van der Waals surface area contributed by atoms with Crippen molar-refractivity contribution >= 4 is 27.2 Å². The van der Waals surface area contributed by atoms with Gasteiger partial charge >= 0.3 is 0 Å². The van der Waals surface area contributed by atoms with E-state index in [1.807, 2.05) is 13.0 Å². The molecule has 1 aliphatic rings. The van der Waals surface area contributed by atoms with E-state index in [-0.39, 0.29) is 11.7 Å². The van der Waals surface area contributed by atoms with Crippen LogP contribution in [0.4, 0.5) is 0 Å². The van der Waals surface area contributed by atoms with E-state index >= 15 is 0 Å². The Labute approximate surface area is 125 Å². The van der Waals surface area contributed by atoms with Crippen molar-refractivity contribution in [3.05, 3.63) is 34.3 Å². The summed E-state index contributed by atoms with van der Waals surface area (Å²) in [4.78, 5) is 12.5. The number of halogens is 1. The molecule has 3 nitrogen and oxygen atoms in total. The van der Waals surface area contributed by atoms with Crippen molar-refractivity contribution in [2.45, 2.75) is 37.9 Å². The summed E-state index contributed by atoms with van der Waals surface area (Å²) >= 11 is 6.13. The molecule has 2 unspecified atom stereocenters. The molecular formula is C15H19ClO3S. The molecule has 1 fully saturated rings. The van der Waals surface area contributed by atoms with E-state index in [0.717, 1.165) is 18.4 Å². The average Bonchev–Trinajstić information content (AvgIpc) is 2.37. The molecule has 0 N–H and O–H groups in total. The summed E-state index contributed by atoms with van der Waals surface area (Å²) in [7, 11) is -3.08. The molecule has 110 valence electrons. The van der Waals surface area contributed by atoms with E-state index in [1.54, 1.807) is 12.1 Å². The number of hydrogen-bond donors (Lipinski definition) is 0. The normalized spacial score (nSPS) is 23.6. The van der Waals surface area contributed by atoms with Gasteiger partial charge in [-0.05, 0) is 43.9 Å². The van der Waals surface area contributed by atoms with Crippen LogP contribution in [-0.4, -0.2) is 25.7 Å². The molecule has 0 aromatic heterocycles. The molecule has 0 spiro atoms. The van der Waals surface area contributed by atoms with Crippen LogP contribution in [0.15, 0.2) is 18.2 Å². The first kappa shape index (κ1) is 15.5. The molecule has 0 amide bonds. The molecule has 0 heterocycles. The lowest BCUT2D eigenvalue weighted by Crippen LogP contribution is -2.31. The third-order valence-electron chi connectivity index (χ3n) is 3.99. The van der Waals surface area contributed by atoms with Gasteiger partial charge in [-0.25, -0.2) is 8.42 Å². The number of Topliss-reactive ketones (excluding diaryl/α,β-unsaturated/α-hetero) is 1. The maximum Gasteiger partial charge on any atom is 0.167 e. The van der Waals surface area contributed by atoms with Crippen molar-refractivity contribution in [2.75, 3.05) is 6.26 Å². The van der Waals surface area contributed by atoms with Crippen LogP contribution in [0.3, 0.4) is 0 Å². The number of carbonyl (C=O) groups excluding carboxylic acids is 1. The van der Waals surface area contributed by atoms with Gasteiger partial charge < -0.3 is 0 Å². The summed E-state index contributed by atoms with van der Waals surface area (Å²) in [6, 6.07) is 5.37. The third kappa shape index (κ3) is 3.41. The molecule has 1 saturated carbocycles. The first-order valence-corrected chi connectivity index (χ1v) is 9.11. The van der Waals surface area contributed by atoms with Crippen LogP contribution in [0.1, 0.15) is 41.6 Å². The Balaban J connectivity index is 2.21. The topological polar surface area (TPSA) is 51.2 Å². The smallest absolute Gasteiger partial charge is 0.167 e. The second-order valence-corrected chi connectivity index (χ2v) is 8.40. The van der Waals surface area contributed by atoms with Crippen molar-refractivity contribution < 1.29 is 13.2 Å². The molecule has 0 aliphatic heterocycles. The number of aryl methyl sites for hydroxylation is 1. The number of hydrogen-bond acceptors (Lipinski definition) is 3. The lowest BCUT2D eigenvalue weighted by molar-refractivity contribution is 0.0891. The fraction of sp³-hybridized carbons (Fsp3) is 0.533. The maximum atomic E-state index is 12.5. The predicted molar refractivity (Wildman–Crippen MR) is 81.1 cm³/mol. The standard InChI is InChI=1S/C15H19ClO3S/c1-10-6-7-13(14(16)8-10)15(17)11-4-3-5-12(9-11)20(2,18)19/h6-8,11-12H,3-5,9H2,1-2H3. The Bertz CT molecular complexity index is 622. The van der Waals surface area contributed by atoms with E-state index in [1.165, 1.54) is 6.26 Å². The molecule has 1 aromatic carbocycles. The minimum Gasteiger partial charge on any atom is -0.294 e. The van der Waals surface area contributed by atoms with E-state index in [4.69, 9.17) is 11.6 Å². The van der Waals surface area contributed by atoms with Crippen LogP contribution in [0.2, 0.25) is 5.02 Å².